The Morgan fingerprint density at radius 3 is 2.45 bits per heavy atom. The van der Waals surface area contributed by atoms with Crippen molar-refractivity contribution in [3.8, 4) is 0 Å². The van der Waals surface area contributed by atoms with Crippen LogP contribution in [0.1, 0.15) is 12.0 Å². The molecule has 1 aliphatic rings. The summed E-state index contributed by atoms with van der Waals surface area (Å²) in [5.74, 6) is -0.526. The molecule has 1 heterocycles. The van der Waals surface area contributed by atoms with Crippen LogP contribution in [0, 0.1) is 0 Å². The molecule has 0 unspecified atom stereocenters. The van der Waals surface area contributed by atoms with E-state index in [1.807, 2.05) is 30.3 Å². The fourth-order valence-electron chi connectivity index (χ4n) is 3.09. The maximum absolute atomic E-state index is 12.9. The highest BCUT2D eigenvalue weighted by molar-refractivity contribution is 7.89. The van der Waals surface area contributed by atoms with Gasteiger partial charge < -0.3 is 15.4 Å². The molecule has 0 spiro atoms. The zero-order valence-electron chi connectivity index (χ0n) is 16.8. The second-order valence-corrected chi connectivity index (χ2v) is 9.29. The molecule has 10 heteroatoms. The molecule has 2 aromatic rings. The summed E-state index contributed by atoms with van der Waals surface area (Å²) in [7, 11) is -3.80. The lowest BCUT2D eigenvalue weighted by atomic mass is 10.1. The first-order chi connectivity index (χ1) is 14.9. The average Bonchev–Trinajstić information content (AvgIpc) is 2.76. The Balaban J connectivity index is 1.54. The molecule has 0 bridgehead atoms. The van der Waals surface area contributed by atoms with Crippen molar-refractivity contribution in [2.75, 3.05) is 38.2 Å². The Labute approximate surface area is 186 Å². The van der Waals surface area contributed by atoms with Crippen LogP contribution in [0.5, 0.6) is 0 Å². The van der Waals surface area contributed by atoms with Gasteiger partial charge in [-0.3, -0.25) is 9.59 Å². The van der Waals surface area contributed by atoms with Crippen molar-refractivity contribution in [2.24, 2.45) is 0 Å². The number of amides is 2. The third-order valence-electron chi connectivity index (χ3n) is 4.68. The molecule has 31 heavy (non-hydrogen) atoms. The van der Waals surface area contributed by atoms with Crippen LogP contribution in [0.25, 0.3) is 0 Å². The van der Waals surface area contributed by atoms with Gasteiger partial charge in [0.2, 0.25) is 21.8 Å². The van der Waals surface area contributed by atoms with Crippen molar-refractivity contribution in [2.45, 2.75) is 17.7 Å². The number of carbonyl (C=O) groups excluding carboxylic acids is 2. The first kappa shape index (κ1) is 23.2. The minimum Gasteiger partial charge on any atom is -0.379 e. The van der Waals surface area contributed by atoms with Gasteiger partial charge in [0.1, 0.15) is 4.90 Å². The van der Waals surface area contributed by atoms with E-state index in [2.05, 4.69) is 10.6 Å². The lowest BCUT2D eigenvalue weighted by Crippen LogP contribution is -2.40. The monoisotopic (exact) mass is 465 g/mol. The van der Waals surface area contributed by atoms with Gasteiger partial charge in [-0.15, -0.1) is 0 Å². The first-order valence-electron chi connectivity index (χ1n) is 9.84. The van der Waals surface area contributed by atoms with Gasteiger partial charge >= 0.3 is 0 Å². The summed E-state index contributed by atoms with van der Waals surface area (Å²) in [6, 6.07) is 13.6. The first-order valence-corrected chi connectivity index (χ1v) is 11.7. The number of carbonyl (C=O) groups is 2. The van der Waals surface area contributed by atoms with Crippen LogP contribution >= 0.6 is 11.6 Å². The number of anilines is 1. The van der Waals surface area contributed by atoms with Crippen molar-refractivity contribution in [1.82, 2.24) is 9.62 Å². The lowest BCUT2D eigenvalue weighted by molar-refractivity contribution is -0.120. The van der Waals surface area contributed by atoms with Crippen molar-refractivity contribution in [3.63, 3.8) is 0 Å². The molecule has 1 fully saturated rings. The maximum atomic E-state index is 12.9. The van der Waals surface area contributed by atoms with E-state index in [0.717, 1.165) is 5.56 Å². The summed E-state index contributed by atoms with van der Waals surface area (Å²) in [5, 5.41) is 5.43. The normalized spacial score (nSPS) is 14.7. The number of rotatable bonds is 8. The molecular formula is C21H24ClN3O5S. The molecule has 1 aliphatic heterocycles. The Kier molecular flexibility index (Phi) is 8.03. The van der Waals surface area contributed by atoms with Crippen LogP contribution in [-0.4, -0.2) is 57.4 Å². The van der Waals surface area contributed by atoms with Crippen molar-refractivity contribution < 1.29 is 22.7 Å². The van der Waals surface area contributed by atoms with E-state index in [0.29, 0.717) is 18.9 Å². The molecule has 0 aliphatic carbocycles. The van der Waals surface area contributed by atoms with Crippen LogP contribution in [0.4, 0.5) is 5.69 Å². The largest absolute Gasteiger partial charge is 0.379 e. The van der Waals surface area contributed by atoms with Crippen LogP contribution in [-0.2, 0) is 30.8 Å². The van der Waals surface area contributed by atoms with E-state index in [-0.39, 0.29) is 54.2 Å². The number of nitrogens with zero attached hydrogens (tertiary/aromatic N) is 1. The standard InChI is InChI=1S/C21H24ClN3O5S/c22-18-7-6-17(15-19(18)31(28,29)25-10-12-30-13-11-25)24-20(26)8-9-23-21(27)14-16-4-2-1-3-5-16/h1-7,15H,8-14H2,(H,23,27)(H,24,26). The number of benzene rings is 2. The molecule has 0 saturated carbocycles. The molecule has 3 rings (SSSR count). The Bertz CT molecular complexity index is 1020. The SMILES string of the molecule is O=C(Cc1ccccc1)NCCC(=O)Nc1ccc(Cl)c(S(=O)(=O)N2CCOCC2)c1. The number of halogens is 1. The molecule has 0 atom stereocenters. The molecule has 8 nitrogen and oxygen atoms in total. The van der Waals surface area contributed by atoms with E-state index in [1.165, 1.54) is 22.5 Å². The highest BCUT2D eigenvalue weighted by atomic mass is 35.5. The van der Waals surface area contributed by atoms with Crippen LogP contribution < -0.4 is 10.6 Å². The van der Waals surface area contributed by atoms with E-state index in [9.17, 15) is 18.0 Å². The molecule has 166 valence electrons. The quantitative estimate of drug-likeness (QED) is 0.620. The summed E-state index contributed by atoms with van der Waals surface area (Å²) in [5.41, 5.74) is 1.21. The summed E-state index contributed by atoms with van der Waals surface area (Å²) >= 11 is 6.12. The van der Waals surface area contributed by atoms with Crippen LogP contribution in [0.3, 0.4) is 0 Å². The number of morpholine rings is 1. The summed E-state index contributed by atoms with van der Waals surface area (Å²) in [6.07, 6.45) is 0.289. The Morgan fingerprint density at radius 1 is 1.03 bits per heavy atom. The average molecular weight is 466 g/mol. The zero-order chi connectivity index (χ0) is 22.3. The van der Waals surface area contributed by atoms with Crippen molar-refractivity contribution in [3.05, 3.63) is 59.1 Å². The van der Waals surface area contributed by atoms with Crippen LogP contribution in [0.2, 0.25) is 5.02 Å². The smallest absolute Gasteiger partial charge is 0.244 e. The number of ether oxygens (including phenoxy) is 1. The van der Waals surface area contributed by atoms with Gasteiger partial charge in [-0.1, -0.05) is 41.9 Å². The fraction of sp³-hybridized carbons (Fsp3) is 0.333. The van der Waals surface area contributed by atoms with Gasteiger partial charge in [-0.05, 0) is 23.8 Å². The van der Waals surface area contributed by atoms with Gasteiger partial charge in [0.05, 0.1) is 24.7 Å². The van der Waals surface area contributed by atoms with Crippen molar-refractivity contribution >= 4 is 39.1 Å². The zero-order valence-corrected chi connectivity index (χ0v) is 18.4. The second-order valence-electron chi connectivity index (χ2n) is 6.97. The number of sulfonamides is 1. The fourth-order valence-corrected chi connectivity index (χ4v) is 5.00. The molecular weight excluding hydrogens is 442 g/mol. The molecule has 0 radical (unpaired) electrons. The van der Waals surface area contributed by atoms with E-state index in [4.69, 9.17) is 16.3 Å². The minimum atomic E-state index is -3.80. The van der Waals surface area contributed by atoms with Gasteiger partial charge in [-0.25, -0.2) is 8.42 Å². The Hall–Kier alpha value is -2.46. The third kappa shape index (κ3) is 6.51. The van der Waals surface area contributed by atoms with E-state index >= 15 is 0 Å². The minimum absolute atomic E-state index is 0.0503. The molecule has 2 aromatic carbocycles. The number of hydrogen-bond donors (Lipinski definition) is 2. The maximum Gasteiger partial charge on any atom is 0.244 e. The van der Waals surface area contributed by atoms with E-state index < -0.39 is 10.0 Å². The molecule has 1 saturated heterocycles. The third-order valence-corrected chi connectivity index (χ3v) is 7.06. The highest BCUT2D eigenvalue weighted by Crippen LogP contribution is 2.28. The summed E-state index contributed by atoms with van der Waals surface area (Å²) in [4.78, 5) is 24.1. The van der Waals surface area contributed by atoms with Crippen LogP contribution in [0.15, 0.2) is 53.4 Å². The predicted octanol–water partition coefficient (Wildman–Crippen LogP) is 2.05. The lowest BCUT2D eigenvalue weighted by Gasteiger charge is -2.26. The molecule has 0 aromatic heterocycles. The van der Waals surface area contributed by atoms with Gasteiger partial charge in [0.15, 0.2) is 0 Å². The van der Waals surface area contributed by atoms with Gasteiger partial charge in [0, 0.05) is 31.7 Å². The number of hydrogen-bond acceptors (Lipinski definition) is 5. The molecule has 2 N–H and O–H groups in total. The van der Waals surface area contributed by atoms with Gasteiger partial charge in [-0.2, -0.15) is 4.31 Å². The Morgan fingerprint density at radius 2 is 1.74 bits per heavy atom. The van der Waals surface area contributed by atoms with Crippen molar-refractivity contribution in [1.29, 1.82) is 0 Å². The number of nitrogens with one attached hydrogen (secondary N) is 2. The highest BCUT2D eigenvalue weighted by Gasteiger charge is 2.28. The van der Waals surface area contributed by atoms with E-state index in [1.54, 1.807) is 0 Å². The summed E-state index contributed by atoms with van der Waals surface area (Å²) in [6.45, 7) is 1.31. The van der Waals surface area contributed by atoms with Gasteiger partial charge in [0.25, 0.3) is 0 Å². The molecule has 2 amide bonds. The summed E-state index contributed by atoms with van der Waals surface area (Å²) < 4.78 is 32.2. The second kappa shape index (κ2) is 10.7. The topological polar surface area (TPSA) is 105 Å². The predicted molar refractivity (Wildman–Crippen MR) is 117 cm³/mol.